The fourth-order valence-corrected chi connectivity index (χ4v) is 2.82. The van der Waals surface area contributed by atoms with Gasteiger partial charge < -0.3 is 14.9 Å². The fraction of sp³-hybridized carbons (Fsp3) is 0.125. The Morgan fingerprint density at radius 2 is 1.27 bits per heavy atom. The van der Waals surface area contributed by atoms with Crippen molar-refractivity contribution in [3.63, 3.8) is 0 Å². The molecule has 26 heavy (non-hydrogen) atoms. The van der Waals surface area contributed by atoms with Crippen LogP contribution in [0.4, 0.5) is 10.1 Å². The van der Waals surface area contributed by atoms with Crippen LogP contribution < -0.4 is 16.7 Å². The van der Waals surface area contributed by atoms with Gasteiger partial charge in [-0.25, -0.2) is 14.4 Å². The monoisotopic (exact) mass is 345 g/mol. The van der Waals surface area contributed by atoms with Crippen LogP contribution in [0.3, 0.4) is 0 Å². The number of nitrogens with zero attached hydrogens (tertiary/aromatic N) is 8. The van der Waals surface area contributed by atoms with Crippen molar-refractivity contribution in [3.8, 4) is 24.3 Å². The molecule has 0 aliphatic rings. The zero-order chi connectivity index (χ0) is 19.2. The predicted octanol–water partition coefficient (Wildman–Crippen LogP) is -0.423. The number of imidazole rings is 2. The second kappa shape index (κ2) is 5.59. The molecule has 3 rings (SSSR count). The summed E-state index contributed by atoms with van der Waals surface area (Å²) in [5.41, 5.74) is 5.62. The van der Waals surface area contributed by atoms with Crippen LogP contribution in [0.1, 0.15) is 0 Å². The fourth-order valence-electron chi connectivity index (χ4n) is 2.82. The average Bonchev–Trinajstić information content (AvgIpc) is 3.15. The molecule has 9 nitrogen and oxygen atoms in total. The molecule has 0 saturated carbocycles. The van der Waals surface area contributed by atoms with Crippen molar-refractivity contribution in [1.29, 1.82) is 21.0 Å². The number of aryl methyl sites for hydroxylation is 2. The second-order valence-corrected chi connectivity index (χ2v) is 5.31. The van der Waals surface area contributed by atoms with Gasteiger partial charge in [0, 0.05) is 14.1 Å². The van der Waals surface area contributed by atoms with Gasteiger partial charge in [0.15, 0.2) is 27.9 Å². The largest absolute Gasteiger partial charge is 0.395 e. The van der Waals surface area contributed by atoms with Crippen LogP contribution in [0.15, 0.2) is 0 Å². The molecule has 0 unspecified atom stereocenters. The Balaban J connectivity index is 2.70. The quantitative estimate of drug-likeness (QED) is 0.542. The van der Waals surface area contributed by atoms with Crippen molar-refractivity contribution < 1.29 is 4.39 Å². The molecule has 0 atom stereocenters. The lowest BCUT2D eigenvalue weighted by Crippen LogP contribution is -2.18. The van der Waals surface area contributed by atoms with Gasteiger partial charge >= 0.3 is 0 Å². The van der Waals surface area contributed by atoms with Crippen LogP contribution >= 0.6 is 0 Å². The van der Waals surface area contributed by atoms with E-state index in [1.807, 2.05) is 0 Å². The molecule has 10 heteroatoms. The molecule has 0 fully saturated rings. The summed E-state index contributed by atoms with van der Waals surface area (Å²) >= 11 is 0. The van der Waals surface area contributed by atoms with E-state index < -0.39 is 5.82 Å². The van der Waals surface area contributed by atoms with Crippen LogP contribution in [0.2, 0.25) is 0 Å². The first-order valence-electron chi connectivity index (χ1n) is 7.06. The summed E-state index contributed by atoms with van der Waals surface area (Å²) < 4.78 is 17.7. The van der Waals surface area contributed by atoms with E-state index in [1.165, 1.54) is 23.2 Å². The first-order valence-corrected chi connectivity index (χ1v) is 7.06. The maximum absolute atomic E-state index is 15.1. The van der Waals surface area contributed by atoms with Gasteiger partial charge in [0.05, 0.1) is 11.2 Å². The van der Waals surface area contributed by atoms with Crippen molar-refractivity contribution >= 4 is 38.9 Å². The summed E-state index contributed by atoms with van der Waals surface area (Å²) in [5, 5.41) is 36.2. The first kappa shape index (κ1) is 16.4. The molecular formula is C16H8FN9. The SMILES string of the molecule is Cn1c(=C(C#N)C#N)nc2c(F)c3c(nc(=C(C#N)C#N)n3C)c(N)c21. The normalized spacial score (nSPS) is 10.1. The Labute approximate surface area is 145 Å². The van der Waals surface area contributed by atoms with Crippen molar-refractivity contribution in [3.05, 3.63) is 16.8 Å². The van der Waals surface area contributed by atoms with Gasteiger partial charge in [-0.1, -0.05) is 0 Å². The number of nitrogens with two attached hydrogens (primary N) is 1. The number of aromatic nitrogens is 4. The van der Waals surface area contributed by atoms with E-state index >= 15 is 4.39 Å². The number of rotatable bonds is 0. The van der Waals surface area contributed by atoms with Gasteiger partial charge in [0.25, 0.3) is 0 Å². The van der Waals surface area contributed by atoms with Gasteiger partial charge in [-0.3, -0.25) is 0 Å². The minimum absolute atomic E-state index is 0.0209. The zero-order valence-corrected chi connectivity index (χ0v) is 13.5. The maximum atomic E-state index is 15.1. The lowest BCUT2D eigenvalue weighted by atomic mass is 10.2. The highest BCUT2D eigenvalue weighted by Crippen LogP contribution is 2.30. The summed E-state index contributed by atoms with van der Waals surface area (Å²) in [5.74, 6) is -0.780. The molecule has 2 aromatic heterocycles. The van der Waals surface area contributed by atoms with Gasteiger partial charge in [-0.15, -0.1) is 0 Å². The lowest BCUT2D eigenvalue weighted by Gasteiger charge is -2.04. The van der Waals surface area contributed by atoms with Gasteiger partial charge in [-0.2, -0.15) is 21.0 Å². The Bertz CT molecular complexity index is 1270. The predicted molar refractivity (Wildman–Crippen MR) is 87.9 cm³/mol. The van der Waals surface area contributed by atoms with E-state index in [0.717, 1.165) is 0 Å². The molecule has 0 saturated heterocycles. The smallest absolute Gasteiger partial charge is 0.177 e. The van der Waals surface area contributed by atoms with Crippen LogP contribution in [-0.4, -0.2) is 19.1 Å². The topological polar surface area (TPSA) is 157 Å². The summed E-state index contributed by atoms with van der Waals surface area (Å²) in [6.45, 7) is 0. The maximum Gasteiger partial charge on any atom is 0.177 e. The summed E-state index contributed by atoms with van der Waals surface area (Å²) in [6.07, 6.45) is 0. The highest BCUT2D eigenvalue weighted by molar-refractivity contribution is 6.05. The molecule has 0 aliphatic heterocycles. The Hall–Kier alpha value is -4.41. The van der Waals surface area contributed by atoms with E-state index in [-0.39, 0.29) is 49.9 Å². The molecule has 0 spiro atoms. The molecule has 124 valence electrons. The third kappa shape index (κ3) is 1.91. The Kier molecular flexibility index (Phi) is 3.54. The number of benzene rings is 1. The number of anilines is 1. The number of hydrogen-bond donors (Lipinski definition) is 1. The van der Waals surface area contributed by atoms with Crippen LogP contribution in [0.25, 0.3) is 33.2 Å². The van der Waals surface area contributed by atoms with E-state index in [9.17, 15) is 0 Å². The molecule has 0 radical (unpaired) electrons. The number of hydrogen-bond acceptors (Lipinski definition) is 7. The Morgan fingerprint density at radius 1 is 0.846 bits per heavy atom. The minimum Gasteiger partial charge on any atom is -0.395 e. The lowest BCUT2D eigenvalue weighted by molar-refractivity contribution is 0.639. The standard InChI is InChI=1S/C16H8FN9/c1-25-13-9(17)11-14(26(2)15(23-11)7(3-18)4-19)10(22)12(13)24-16(25)8(5-20)6-21/h22H2,1-2H3. The molecule has 0 bridgehead atoms. The molecule has 1 aromatic carbocycles. The molecule has 2 N–H and O–H groups in total. The second-order valence-electron chi connectivity index (χ2n) is 5.31. The van der Waals surface area contributed by atoms with Crippen LogP contribution in [0.5, 0.6) is 0 Å². The van der Waals surface area contributed by atoms with Gasteiger partial charge in [0.1, 0.15) is 40.8 Å². The number of nitriles is 4. The highest BCUT2D eigenvalue weighted by Gasteiger charge is 2.22. The number of nitrogen functional groups attached to an aromatic ring is 1. The van der Waals surface area contributed by atoms with Crippen LogP contribution in [-0.2, 0) is 14.1 Å². The molecule has 3 aromatic rings. The third-order valence-electron chi connectivity index (χ3n) is 4.01. The van der Waals surface area contributed by atoms with E-state index in [2.05, 4.69) is 9.97 Å². The van der Waals surface area contributed by atoms with Crippen molar-refractivity contribution in [1.82, 2.24) is 19.1 Å². The van der Waals surface area contributed by atoms with E-state index in [4.69, 9.17) is 26.8 Å². The third-order valence-corrected chi connectivity index (χ3v) is 4.01. The molecule has 0 amide bonds. The molecule has 2 heterocycles. The van der Waals surface area contributed by atoms with Crippen LogP contribution in [0, 0.1) is 51.1 Å². The average molecular weight is 345 g/mol. The van der Waals surface area contributed by atoms with Crippen molar-refractivity contribution in [2.75, 3.05) is 5.73 Å². The highest BCUT2D eigenvalue weighted by atomic mass is 19.1. The number of fused-ring (bicyclic) bond motifs is 2. The van der Waals surface area contributed by atoms with Crippen molar-refractivity contribution in [2.45, 2.75) is 0 Å². The summed E-state index contributed by atoms with van der Waals surface area (Å²) in [7, 11) is 2.94. The van der Waals surface area contributed by atoms with Crippen molar-refractivity contribution in [2.24, 2.45) is 14.1 Å². The Morgan fingerprint density at radius 3 is 1.73 bits per heavy atom. The first-order chi connectivity index (χ1) is 12.4. The van der Waals surface area contributed by atoms with Gasteiger partial charge in [0.2, 0.25) is 0 Å². The van der Waals surface area contributed by atoms with Gasteiger partial charge in [-0.05, 0) is 0 Å². The molecular weight excluding hydrogens is 337 g/mol. The number of halogens is 1. The summed E-state index contributed by atoms with van der Waals surface area (Å²) in [6, 6.07) is 6.83. The minimum atomic E-state index is -0.780. The summed E-state index contributed by atoms with van der Waals surface area (Å²) in [4.78, 5) is 8.19. The van der Waals surface area contributed by atoms with E-state index in [0.29, 0.717) is 0 Å². The van der Waals surface area contributed by atoms with E-state index in [1.54, 1.807) is 24.3 Å². The molecule has 0 aliphatic carbocycles. The zero-order valence-electron chi connectivity index (χ0n) is 13.5.